The zero-order valence-corrected chi connectivity index (χ0v) is 16.0. The van der Waals surface area contributed by atoms with Crippen molar-refractivity contribution in [2.45, 2.75) is 6.18 Å². The molecule has 0 spiro atoms. The second-order valence-electron chi connectivity index (χ2n) is 6.04. The third kappa shape index (κ3) is 3.94. The maximum Gasteiger partial charge on any atom is 0.417 e. The van der Waals surface area contributed by atoms with E-state index in [9.17, 15) is 13.2 Å². The summed E-state index contributed by atoms with van der Waals surface area (Å²) in [6, 6.07) is 9.75. The molecule has 1 aliphatic heterocycles. The zero-order chi connectivity index (χ0) is 20.6. The van der Waals surface area contributed by atoms with Crippen LogP contribution < -0.4 is 10.4 Å². The van der Waals surface area contributed by atoms with Gasteiger partial charge in [-0.15, -0.1) is 0 Å². The van der Waals surface area contributed by atoms with Gasteiger partial charge in [0, 0.05) is 17.4 Å². The van der Waals surface area contributed by atoms with Gasteiger partial charge in [0.15, 0.2) is 5.82 Å². The summed E-state index contributed by atoms with van der Waals surface area (Å²) in [6.07, 6.45) is 3.15. The van der Waals surface area contributed by atoms with E-state index in [2.05, 4.69) is 15.5 Å². The molecule has 29 heavy (non-hydrogen) atoms. The van der Waals surface area contributed by atoms with Gasteiger partial charge in [-0.05, 0) is 48.6 Å². The minimum absolute atomic E-state index is 0.0926. The van der Waals surface area contributed by atoms with Crippen LogP contribution in [0.1, 0.15) is 11.3 Å². The molecule has 0 saturated carbocycles. The molecule has 3 aromatic rings. The van der Waals surface area contributed by atoms with Crippen molar-refractivity contribution in [3.63, 3.8) is 0 Å². The fraction of sp³-hybridized carbons (Fsp3) is 0.0526. The lowest BCUT2D eigenvalue weighted by Gasteiger charge is -2.27. The Balaban J connectivity index is 1.65. The molecule has 0 bridgehead atoms. The first-order valence-corrected chi connectivity index (χ1v) is 9.06. The Bertz CT molecular complexity index is 1100. The Morgan fingerprint density at radius 2 is 1.79 bits per heavy atom. The summed E-state index contributed by atoms with van der Waals surface area (Å²) in [5, 5.41) is 6.40. The van der Waals surface area contributed by atoms with Crippen molar-refractivity contribution >= 4 is 34.6 Å². The second-order valence-corrected chi connectivity index (χ2v) is 6.88. The average Bonchev–Trinajstić information content (AvgIpc) is 3.17. The van der Waals surface area contributed by atoms with Gasteiger partial charge in [-0.1, -0.05) is 23.2 Å². The predicted molar refractivity (Wildman–Crippen MR) is 106 cm³/mol. The number of nitrogens with zero attached hydrogens (tertiary/aromatic N) is 4. The van der Waals surface area contributed by atoms with Gasteiger partial charge in [0.1, 0.15) is 0 Å². The van der Waals surface area contributed by atoms with Crippen molar-refractivity contribution in [1.82, 2.24) is 20.2 Å². The summed E-state index contributed by atoms with van der Waals surface area (Å²) in [5.41, 5.74) is 4.35. The Hall–Kier alpha value is -2.97. The molecule has 0 amide bonds. The van der Waals surface area contributed by atoms with Crippen molar-refractivity contribution in [2.75, 3.05) is 5.01 Å². The number of benzene rings is 1. The predicted octanol–water partition coefficient (Wildman–Crippen LogP) is 5.47. The molecule has 148 valence electrons. The van der Waals surface area contributed by atoms with Crippen LogP contribution in [0, 0.1) is 0 Å². The number of pyridine rings is 1. The van der Waals surface area contributed by atoms with Crippen LogP contribution in [-0.2, 0) is 6.18 Å². The van der Waals surface area contributed by atoms with Crippen LogP contribution in [0.15, 0.2) is 67.1 Å². The molecule has 0 saturated heterocycles. The van der Waals surface area contributed by atoms with Gasteiger partial charge in [-0.3, -0.25) is 10.4 Å². The standard InChI is InChI=1S/C19H12Cl2F3N5/c20-13-3-5-14(6-4-13)28-9-1-2-16(27-28)17-7-8-26-29(17)18-15(21)10-12(11-25-18)19(22,23)24/h1-11,27H. The van der Waals surface area contributed by atoms with Crippen LogP contribution in [0.2, 0.25) is 10.0 Å². The van der Waals surface area contributed by atoms with Gasteiger partial charge in [0.2, 0.25) is 0 Å². The molecule has 4 rings (SSSR count). The first-order valence-electron chi connectivity index (χ1n) is 8.30. The third-order valence-electron chi connectivity index (χ3n) is 4.11. The molecule has 1 aliphatic rings. The van der Waals surface area contributed by atoms with Gasteiger partial charge in [0.25, 0.3) is 0 Å². The molecule has 5 nitrogen and oxygen atoms in total. The van der Waals surface area contributed by atoms with E-state index in [-0.39, 0.29) is 10.8 Å². The molecule has 0 unspecified atom stereocenters. The molecular weight excluding hydrogens is 426 g/mol. The lowest BCUT2D eigenvalue weighted by molar-refractivity contribution is -0.137. The minimum atomic E-state index is -4.53. The third-order valence-corrected chi connectivity index (χ3v) is 4.64. The fourth-order valence-electron chi connectivity index (χ4n) is 2.74. The monoisotopic (exact) mass is 437 g/mol. The van der Waals surface area contributed by atoms with Crippen molar-refractivity contribution in [1.29, 1.82) is 0 Å². The van der Waals surface area contributed by atoms with E-state index in [0.29, 0.717) is 16.4 Å². The van der Waals surface area contributed by atoms with Gasteiger partial charge in [-0.2, -0.15) is 18.3 Å². The highest BCUT2D eigenvalue weighted by Crippen LogP contribution is 2.32. The fourth-order valence-corrected chi connectivity index (χ4v) is 3.11. The molecular formula is C19H12Cl2F3N5. The van der Waals surface area contributed by atoms with E-state index in [4.69, 9.17) is 23.2 Å². The molecule has 0 atom stereocenters. The number of hydrazine groups is 1. The van der Waals surface area contributed by atoms with E-state index in [0.717, 1.165) is 18.0 Å². The molecule has 2 aromatic heterocycles. The highest BCUT2D eigenvalue weighted by molar-refractivity contribution is 6.32. The van der Waals surface area contributed by atoms with Crippen LogP contribution in [0.25, 0.3) is 11.5 Å². The molecule has 0 aliphatic carbocycles. The Kier molecular flexibility index (Phi) is 4.97. The molecule has 1 N–H and O–H groups in total. The highest BCUT2D eigenvalue weighted by atomic mass is 35.5. The normalized spacial score (nSPS) is 14.0. The first kappa shape index (κ1) is 19.4. The first-order chi connectivity index (χ1) is 13.8. The average molecular weight is 438 g/mol. The second kappa shape index (κ2) is 7.46. The highest BCUT2D eigenvalue weighted by Gasteiger charge is 2.32. The number of hydrogen-bond donors (Lipinski definition) is 1. The van der Waals surface area contributed by atoms with Crippen molar-refractivity contribution in [3.8, 4) is 5.82 Å². The zero-order valence-electron chi connectivity index (χ0n) is 14.5. The summed E-state index contributed by atoms with van der Waals surface area (Å²) in [7, 11) is 0. The van der Waals surface area contributed by atoms with E-state index < -0.39 is 11.7 Å². The largest absolute Gasteiger partial charge is 0.417 e. The lowest BCUT2D eigenvalue weighted by Crippen LogP contribution is -2.34. The van der Waals surface area contributed by atoms with Crippen LogP contribution in [0.3, 0.4) is 0 Å². The number of nitrogens with one attached hydrogen (secondary N) is 1. The Morgan fingerprint density at radius 3 is 2.48 bits per heavy atom. The van der Waals surface area contributed by atoms with Gasteiger partial charge < -0.3 is 0 Å². The molecule has 1 aromatic carbocycles. The summed E-state index contributed by atoms with van der Waals surface area (Å²) in [5.74, 6) is 0.0926. The summed E-state index contributed by atoms with van der Waals surface area (Å²) >= 11 is 12.0. The minimum Gasteiger partial charge on any atom is -0.292 e. The molecule has 10 heteroatoms. The number of alkyl halides is 3. The number of aromatic nitrogens is 3. The Labute approximate surface area is 173 Å². The molecule has 3 heterocycles. The van der Waals surface area contributed by atoms with Crippen molar-refractivity contribution in [3.05, 3.63) is 88.4 Å². The molecule has 0 radical (unpaired) electrons. The number of rotatable bonds is 3. The van der Waals surface area contributed by atoms with Crippen LogP contribution in [0.4, 0.5) is 18.9 Å². The van der Waals surface area contributed by atoms with E-state index >= 15 is 0 Å². The van der Waals surface area contributed by atoms with Crippen molar-refractivity contribution in [2.24, 2.45) is 0 Å². The van der Waals surface area contributed by atoms with Crippen LogP contribution in [-0.4, -0.2) is 14.8 Å². The van der Waals surface area contributed by atoms with Crippen LogP contribution in [0.5, 0.6) is 0 Å². The summed E-state index contributed by atoms with van der Waals surface area (Å²) in [4.78, 5) is 3.88. The Morgan fingerprint density at radius 1 is 1.03 bits per heavy atom. The quantitative estimate of drug-likeness (QED) is 0.589. The smallest absolute Gasteiger partial charge is 0.292 e. The van der Waals surface area contributed by atoms with E-state index in [1.807, 2.05) is 24.4 Å². The summed E-state index contributed by atoms with van der Waals surface area (Å²) in [6.45, 7) is 0. The van der Waals surface area contributed by atoms with E-state index in [1.165, 1.54) is 10.9 Å². The van der Waals surface area contributed by atoms with E-state index in [1.54, 1.807) is 29.3 Å². The van der Waals surface area contributed by atoms with Crippen molar-refractivity contribution < 1.29 is 13.2 Å². The van der Waals surface area contributed by atoms with Crippen LogP contribution >= 0.6 is 23.2 Å². The number of hydrogen-bond acceptors (Lipinski definition) is 4. The van der Waals surface area contributed by atoms with Gasteiger partial charge in [-0.25, -0.2) is 9.67 Å². The lowest BCUT2D eigenvalue weighted by atomic mass is 10.2. The van der Waals surface area contributed by atoms with Gasteiger partial charge >= 0.3 is 6.18 Å². The van der Waals surface area contributed by atoms with Gasteiger partial charge in [0.05, 0.1) is 33.9 Å². The maximum absolute atomic E-state index is 12.9. The number of allylic oxidation sites excluding steroid dienone is 2. The SMILES string of the molecule is FC(F)(F)c1cnc(-n2nccc2C2=CC=CN(c3ccc(Cl)cc3)N2)c(Cl)c1. The maximum atomic E-state index is 12.9. The topological polar surface area (TPSA) is 46.0 Å². The molecule has 0 fully saturated rings. The summed E-state index contributed by atoms with van der Waals surface area (Å²) < 4.78 is 40.0. The number of anilines is 1. The number of halogens is 5.